The Labute approximate surface area is 161 Å². The maximum absolute atomic E-state index is 11.2. The molecule has 1 aromatic carbocycles. The molecule has 10 heteroatoms. The molecule has 2 atom stereocenters. The van der Waals surface area contributed by atoms with Gasteiger partial charge in [-0.15, -0.1) is 0 Å². The van der Waals surface area contributed by atoms with Gasteiger partial charge in [0.15, 0.2) is 0 Å². The number of rotatable bonds is 13. The zero-order valence-electron chi connectivity index (χ0n) is 16.0. The van der Waals surface area contributed by atoms with Crippen LogP contribution in [0.5, 0.6) is 11.5 Å². The summed E-state index contributed by atoms with van der Waals surface area (Å²) in [5.74, 6) is 1.31. The highest BCUT2D eigenvalue weighted by molar-refractivity contribution is 7.83. The number of methoxy groups -OCH3 is 1. The van der Waals surface area contributed by atoms with Gasteiger partial charge in [0.05, 0.1) is 13.2 Å². The molecule has 0 unspecified atom stereocenters. The van der Waals surface area contributed by atoms with Gasteiger partial charge in [0.1, 0.15) is 24.2 Å². The van der Waals surface area contributed by atoms with Gasteiger partial charge in [-0.05, 0) is 30.8 Å². The van der Waals surface area contributed by atoms with Gasteiger partial charge in [-0.25, -0.2) is 0 Å². The van der Waals surface area contributed by atoms with E-state index in [4.69, 9.17) is 14.0 Å². The Bertz CT molecular complexity index is 639. The Balaban J connectivity index is 2.46. The molecule has 0 radical (unpaired) electrons. The average Bonchev–Trinajstić information content (AvgIpc) is 2.63. The Hall–Kier alpha value is -1.43. The van der Waals surface area contributed by atoms with Crippen LogP contribution >= 0.6 is 0 Å². The Morgan fingerprint density at radius 1 is 0.963 bits per heavy atom. The first kappa shape index (κ1) is 23.6. The van der Waals surface area contributed by atoms with E-state index in [-0.39, 0.29) is 32.8 Å². The second-order valence-corrected chi connectivity index (χ2v) is 7.49. The summed E-state index contributed by atoms with van der Waals surface area (Å²) in [7, 11) is -2.77. The number of benzene rings is 1. The molecule has 0 aliphatic rings. The van der Waals surface area contributed by atoms with Crippen molar-refractivity contribution in [3.63, 3.8) is 0 Å². The van der Waals surface area contributed by atoms with Crippen LogP contribution in [-0.2, 0) is 10.3 Å². The van der Waals surface area contributed by atoms with Crippen molar-refractivity contribution >= 4 is 10.3 Å². The topological polar surface area (TPSA) is 120 Å². The first-order chi connectivity index (χ1) is 12.7. The van der Waals surface area contributed by atoms with Crippen LogP contribution in [-0.4, -0.2) is 91.0 Å². The van der Waals surface area contributed by atoms with Gasteiger partial charge < -0.3 is 19.7 Å². The van der Waals surface area contributed by atoms with Crippen molar-refractivity contribution in [3.8, 4) is 11.5 Å². The second-order valence-electron chi connectivity index (χ2n) is 6.07. The van der Waals surface area contributed by atoms with Crippen molar-refractivity contribution in [1.29, 1.82) is 0 Å². The standard InChI is InChI=1S/C17H30N2O7S/c1-4-18(10-14(20)12-19(5-2)27(22,23)24)11-15(21)13-26-17-8-6-16(25-3)7-9-17/h6-9,14-15,20-21H,4-5,10-13H2,1-3H3,(H,22,23,24)/t14-,15+/m1/s1. The van der Waals surface area contributed by atoms with E-state index in [2.05, 4.69) is 0 Å². The van der Waals surface area contributed by atoms with Crippen molar-refractivity contribution in [2.45, 2.75) is 26.1 Å². The number of ether oxygens (including phenoxy) is 2. The lowest BCUT2D eigenvalue weighted by atomic mass is 10.2. The third-order valence-corrected chi connectivity index (χ3v) is 5.04. The molecule has 3 N–H and O–H groups in total. The highest BCUT2D eigenvalue weighted by Gasteiger charge is 2.22. The smallest absolute Gasteiger partial charge is 0.335 e. The molecular weight excluding hydrogens is 376 g/mol. The quantitative estimate of drug-likeness (QED) is 0.399. The van der Waals surface area contributed by atoms with Gasteiger partial charge in [0.25, 0.3) is 0 Å². The number of aliphatic hydroxyl groups excluding tert-OH is 2. The monoisotopic (exact) mass is 406 g/mol. The Morgan fingerprint density at radius 3 is 2.00 bits per heavy atom. The molecule has 27 heavy (non-hydrogen) atoms. The molecule has 0 saturated carbocycles. The first-order valence-electron chi connectivity index (χ1n) is 8.77. The summed E-state index contributed by atoms with van der Waals surface area (Å²) in [6, 6.07) is 6.99. The highest BCUT2D eigenvalue weighted by Crippen LogP contribution is 2.17. The van der Waals surface area contributed by atoms with Crippen LogP contribution in [0.3, 0.4) is 0 Å². The van der Waals surface area contributed by atoms with Crippen molar-refractivity contribution in [2.75, 3.05) is 46.4 Å². The van der Waals surface area contributed by atoms with Crippen LogP contribution in [0, 0.1) is 0 Å². The molecule has 0 spiro atoms. The molecule has 0 fully saturated rings. The largest absolute Gasteiger partial charge is 0.497 e. The van der Waals surface area contributed by atoms with Crippen LogP contribution in [0.2, 0.25) is 0 Å². The molecule has 1 aromatic rings. The molecule has 0 bridgehead atoms. The molecular formula is C17H30N2O7S. The van der Waals surface area contributed by atoms with E-state index >= 15 is 0 Å². The number of hydrogen-bond donors (Lipinski definition) is 3. The van der Waals surface area contributed by atoms with Gasteiger partial charge >= 0.3 is 10.3 Å². The van der Waals surface area contributed by atoms with Crippen LogP contribution in [0.1, 0.15) is 13.8 Å². The van der Waals surface area contributed by atoms with Crippen molar-refractivity contribution in [1.82, 2.24) is 9.21 Å². The number of nitrogens with zero attached hydrogens (tertiary/aromatic N) is 2. The summed E-state index contributed by atoms with van der Waals surface area (Å²) in [5.41, 5.74) is 0. The zero-order valence-corrected chi connectivity index (χ0v) is 16.8. The van der Waals surface area contributed by atoms with E-state index in [1.165, 1.54) is 0 Å². The van der Waals surface area contributed by atoms with E-state index in [1.54, 1.807) is 43.2 Å². The van der Waals surface area contributed by atoms with E-state index in [0.717, 1.165) is 4.31 Å². The fourth-order valence-corrected chi connectivity index (χ4v) is 3.21. The molecule has 0 aliphatic carbocycles. The third kappa shape index (κ3) is 8.87. The Kier molecular flexibility index (Phi) is 9.99. The summed E-state index contributed by atoms with van der Waals surface area (Å²) in [5, 5.41) is 20.3. The van der Waals surface area contributed by atoms with Crippen LogP contribution in [0.4, 0.5) is 0 Å². The molecule has 0 aromatic heterocycles. The molecule has 156 valence electrons. The van der Waals surface area contributed by atoms with Crippen molar-refractivity contribution < 1.29 is 32.7 Å². The van der Waals surface area contributed by atoms with E-state index < -0.39 is 22.5 Å². The normalized spacial score (nSPS) is 14.4. The molecule has 0 aliphatic heterocycles. The lowest BCUT2D eigenvalue weighted by Gasteiger charge is -2.28. The maximum Gasteiger partial charge on any atom is 0.335 e. The molecule has 1 rings (SSSR count). The van der Waals surface area contributed by atoms with Gasteiger partial charge in [-0.2, -0.15) is 12.7 Å². The zero-order chi connectivity index (χ0) is 20.4. The van der Waals surface area contributed by atoms with Crippen LogP contribution in [0.25, 0.3) is 0 Å². The lowest BCUT2D eigenvalue weighted by Crippen LogP contribution is -2.45. The van der Waals surface area contributed by atoms with Crippen LogP contribution < -0.4 is 9.47 Å². The minimum atomic E-state index is -4.34. The van der Waals surface area contributed by atoms with Crippen molar-refractivity contribution in [2.24, 2.45) is 0 Å². The van der Waals surface area contributed by atoms with Crippen LogP contribution in [0.15, 0.2) is 24.3 Å². The minimum Gasteiger partial charge on any atom is -0.497 e. The fourth-order valence-electron chi connectivity index (χ4n) is 2.53. The van der Waals surface area contributed by atoms with Gasteiger partial charge in [-0.1, -0.05) is 13.8 Å². The number of hydrogen-bond acceptors (Lipinski definition) is 7. The van der Waals surface area contributed by atoms with Gasteiger partial charge in [-0.3, -0.25) is 9.45 Å². The second kappa shape index (κ2) is 11.4. The molecule has 0 heterocycles. The van der Waals surface area contributed by atoms with E-state index in [0.29, 0.717) is 18.0 Å². The first-order valence-corrected chi connectivity index (χ1v) is 10.2. The number of likely N-dealkylation sites (N-methyl/N-ethyl adjacent to an activating group) is 2. The maximum atomic E-state index is 11.2. The third-order valence-electron chi connectivity index (χ3n) is 3.98. The lowest BCUT2D eigenvalue weighted by molar-refractivity contribution is 0.0429. The van der Waals surface area contributed by atoms with Gasteiger partial charge in [0, 0.05) is 26.2 Å². The Morgan fingerprint density at radius 2 is 1.52 bits per heavy atom. The molecule has 0 amide bonds. The number of aliphatic hydroxyl groups is 2. The van der Waals surface area contributed by atoms with E-state index in [1.807, 2.05) is 6.92 Å². The van der Waals surface area contributed by atoms with E-state index in [9.17, 15) is 18.6 Å². The SMILES string of the molecule is CCN(C[C@H](O)COc1ccc(OC)cc1)C[C@@H](O)CN(CC)S(=O)(=O)O. The predicted molar refractivity (Wildman–Crippen MR) is 101 cm³/mol. The molecule has 9 nitrogen and oxygen atoms in total. The predicted octanol–water partition coefficient (Wildman–Crippen LogP) is 0.242. The summed E-state index contributed by atoms with van der Waals surface area (Å²) < 4.78 is 42.8. The molecule has 0 saturated heterocycles. The van der Waals surface area contributed by atoms with Gasteiger partial charge in [0.2, 0.25) is 0 Å². The fraction of sp³-hybridized carbons (Fsp3) is 0.647. The summed E-state index contributed by atoms with van der Waals surface area (Å²) in [6.45, 7) is 4.30. The highest BCUT2D eigenvalue weighted by atomic mass is 32.2. The summed E-state index contributed by atoms with van der Waals surface area (Å²) in [6.07, 6.45) is -1.79. The average molecular weight is 407 g/mol. The summed E-state index contributed by atoms with van der Waals surface area (Å²) >= 11 is 0. The van der Waals surface area contributed by atoms with Crippen molar-refractivity contribution in [3.05, 3.63) is 24.3 Å². The summed E-state index contributed by atoms with van der Waals surface area (Å²) in [4.78, 5) is 1.78. The minimum absolute atomic E-state index is 0.0559.